The number of carbonyl (C=O) groups is 1. The van der Waals surface area contributed by atoms with Gasteiger partial charge >= 0.3 is 0 Å². The van der Waals surface area contributed by atoms with E-state index in [1.165, 1.54) is 12.4 Å². The highest BCUT2D eigenvalue weighted by Crippen LogP contribution is 2.25. The van der Waals surface area contributed by atoms with Gasteiger partial charge in [-0.1, -0.05) is 30.1 Å². The smallest absolute Gasteiger partial charge is 0.252 e. The van der Waals surface area contributed by atoms with Gasteiger partial charge in [0.15, 0.2) is 0 Å². The van der Waals surface area contributed by atoms with Crippen molar-refractivity contribution in [3.05, 3.63) is 57.8 Å². The van der Waals surface area contributed by atoms with Crippen LogP contribution < -0.4 is 5.32 Å². The first-order chi connectivity index (χ1) is 16.1. The van der Waals surface area contributed by atoms with Crippen LogP contribution in [-0.2, 0) is 10.0 Å². The Hall–Kier alpha value is -1.81. The van der Waals surface area contributed by atoms with Crippen molar-refractivity contribution in [1.29, 1.82) is 0 Å². The van der Waals surface area contributed by atoms with Crippen molar-refractivity contribution in [1.82, 2.24) is 19.6 Å². The molecule has 0 saturated carbocycles. The molecule has 1 aliphatic heterocycles. The normalized spacial score (nSPS) is 16.8. The first-order valence-corrected chi connectivity index (χ1v) is 13.6. The summed E-state index contributed by atoms with van der Waals surface area (Å²) in [6, 6.07) is 4.10. The Morgan fingerprint density at radius 1 is 1.24 bits per heavy atom. The summed E-state index contributed by atoms with van der Waals surface area (Å²) in [5.41, 5.74) is 1.06. The lowest BCUT2D eigenvalue weighted by Crippen LogP contribution is -2.34. The van der Waals surface area contributed by atoms with Gasteiger partial charge < -0.3 is 5.32 Å². The van der Waals surface area contributed by atoms with Crippen molar-refractivity contribution in [3.63, 3.8) is 0 Å². The molecule has 7 nitrogen and oxygen atoms in total. The van der Waals surface area contributed by atoms with E-state index in [9.17, 15) is 17.6 Å². The zero-order valence-electron chi connectivity index (χ0n) is 19.4. The standard InChI is InChI=1S/C18H25Cl2FN2O3S.C5H6N2/c1-2-10-27(25,26)23-8-3-4-13(6-9-23)5-7-22-18(24)14-11-17(21)16(20)12-15(14)19;1-5-2-3-6-4-7-5/h11-13H,2-10H2,1H3,(H,22,24);2-4H,1H3. The molecular formula is C23H31Cl2FN4O3S. The molecule has 1 atom stereocenters. The van der Waals surface area contributed by atoms with E-state index in [2.05, 4.69) is 15.3 Å². The average molecular weight is 533 g/mol. The first kappa shape index (κ1) is 28.4. The summed E-state index contributed by atoms with van der Waals surface area (Å²) < 4.78 is 39.5. The minimum atomic E-state index is -3.16. The summed E-state index contributed by atoms with van der Waals surface area (Å²) in [5.74, 6) is -0.615. The second-order valence-corrected chi connectivity index (χ2v) is 11.1. The van der Waals surface area contributed by atoms with Crippen molar-refractivity contribution in [3.8, 4) is 0 Å². The molecule has 0 aliphatic carbocycles. The second kappa shape index (κ2) is 13.9. The fourth-order valence-electron chi connectivity index (χ4n) is 3.63. The minimum Gasteiger partial charge on any atom is -0.352 e. The van der Waals surface area contributed by atoms with Crippen LogP contribution in [0.3, 0.4) is 0 Å². The maximum Gasteiger partial charge on any atom is 0.252 e. The zero-order chi connectivity index (χ0) is 25.1. The number of hydrogen-bond donors (Lipinski definition) is 1. The molecule has 188 valence electrons. The fraction of sp³-hybridized carbons (Fsp3) is 0.522. The van der Waals surface area contributed by atoms with E-state index in [-0.39, 0.29) is 21.4 Å². The van der Waals surface area contributed by atoms with Gasteiger partial charge in [0.25, 0.3) is 5.91 Å². The largest absolute Gasteiger partial charge is 0.352 e. The van der Waals surface area contributed by atoms with Crippen LogP contribution in [0.2, 0.25) is 10.0 Å². The summed E-state index contributed by atoms with van der Waals surface area (Å²) >= 11 is 11.6. The average Bonchev–Trinajstić information content (AvgIpc) is 3.03. The Labute approximate surface area is 211 Å². The summed E-state index contributed by atoms with van der Waals surface area (Å²) in [6.45, 7) is 5.30. The summed E-state index contributed by atoms with van der Waals surface area (Å²) in [7, 11) is -3.16. The molecule has 1 aliphatic rings. The van der Waals surface area contributed by atoms with E-state index in [0.717, 1.165) is 37.4 Å². The molecule has 1 N–H and O–H groups in total. The van der Waals surface area contributed by atoms with Crippen LogP contribution in [0.4, 0.5) is 4.39 Å². The van der Waals surface area contributed by atoms with E-state index in [0.29, 0.717) is 32.0 Å². The van der Waals surface area contributed by atoms with Crippen LogP contribution in [0.25, 0.3) is 0 Å². The predicted molar refractivity (Wildman–Crippen MR) is 133 cm³/mol. The van der Waals surface area contributed by atoms with Gasteiger partial charge in [-0.05, 0) is 63.1 Å². The molecule has 1 fully saturated rings. The van der Waals surface area contributed by atoms with Gasteiger partial charge in [0.1, 0.15) is 12.1 Å². The third-order valence-corrected chi connectivity index (χ3v) is 8.16. The fourth-order valence-corrected chi connectivity index (χ4v) is 5.67. The summed E-state index contributed by atoms with van der Waals surface area (Å²) in [4.78, 5) is 19.8. The molecule has 0 radical (unpaired) electrons. The molecular weight excluding hydrogens is 502 g/mol. The lowest BCUT2D eigenvalue weighted by molar-refractivity contribution is 0.0950. The quantitative estimate of drug-likeness (QED) is 0.513. The SMILES string of the molecule is CCCS(=O)(=O)N1CCCC(CCNC(=O)c2cc(F)c(Cl)cc2Cl)CC1.Cc1ccncn1. The van der Waals surface area contributed by atoms with Gasteiger partial charge in [-0.2, -0.15) is 0 Å². The topological polar surface area (TPSA) is 92.3 Å². The zero-order valence-corrected chi connectivity index (χ0v) is 21.8. The number of aromatic nitrogens is 2. The highest BCUT2D eigenvalue weighted by Gasteiger charge is 2.25. The molecule has 34 heavy (non-hydrogen) atoms. The van der Waals surface area contributed by atoms with E-state index >= 15 is 0 Å². The molecule has 1 saturated heterocycles. The molecule has 1 amide bonds. The van der Waals surface area contributed by atoms with E-state index in [1.807, 2.05) is 19.9 Å². The molecule has 2 aromatic rings. The van der Waals surface area contributed by atoms with Crippen LogP contribution in [0, 0.1) is 18.7 Å². The monoisotopic (exact) mass is 532 g/mol. The minimum absolute atomic E-state index is 0.0521. The van der Waals surface area contributed by atoms with Gasteiger partial charge in [0.05, 0.1) is 21.4 Å². The highest BCUT2D eigenvalue weighted by atomic mass is 35.5. The predicted octanol–water partition coefficient (Wildman–Crippen LogP) is 4.88. The van der Waals surface area contributed by atoms with Gasteiger partial charge in [-0.25, -0.2) is 27.1 Å². The Kier molecular flexibility index (Phi) is 11.6. The number of carbonyl (C=O) groups excluding carboxylic acids is 1. The maximum atomic E-state index is 13.5. The van der Waals surface area contributed by atoms with Crippen LogP contribution in [-0.4, -0.2) is 54.0 Å². The van der Waals surface area contributed by atoms with Crippen molar-refractivity contribution in [2.75, 3.05) is 25.4 Å². The molecule has 1 aromatic carbocycles. The highest BCUT2D eigenvalue weighted by molar-refractivity contribution is 7.89. The lowest BCUT2D eigenvalue weighted by Gasteiger charge is -2.20. The van der Waals surface area contributed by atoms with Crippen molar-refractivity contribution >= 4 is 39.1 Å². The maximum absolute atomic E-state index is 13.5. The van der Waals surface area contributed by atoms with Gasteiger partial charge in [0, 0.05) is 31.5 Å². The lowest BCUT2D eigenvalue weighted by atomic mass is 9.97. The summed E-state index contributed by atoms with van der Waals surface area (Å²) in [5, 5.41) is 2.73. The second-order valence-electron chi connectivity index (χ2n) is 8.15. The number of aryl methyl sites for hydroxylation is 1. The van der Waals surface area contributed by atoms with E-state index < -0.39 is 21.7 Å². The molecule has 2 heterocycles. The van der Waals surface area contributed by atoms with Crippen LogP contribution >= 0.6 is 23.2 Å². The van der Waals surface area contributed by atoms with E-state index in [4.69, 9.17) is 23.2 Å². The number of rotatable bonds is 7. The third kappa shape index (κ3) is 9.09. The van der Waals surface area contributed by atoms with Crippen LogP contribution in [0.1, 0.15) is 55.1 Å². The van der Waals surface area contributed by atoms with E-state index in [1.54, 1.807) is 10.5 Å². The number of nitrogens with one attached hydrogen (secondary N) is 1. The number of hydrogen-bond acceptors (Lipinski definition) is 5. The number of amides is 1. The number of sulfonamides is 1. The van der Waals surface area contributed by atoms with Crippen molar-refractivity contribution < 1.29 is 17.6 Å². The van der Waals surface area contributed by atoms with Gasteiger partial charge in [-0.3, -0.25) is 4.79 Å². The molecule has 11 heteroatoms. The molecule has 0 spiro atoms. The summed E-state index contributed by atoms with van der Waals surface area (Å²) in [6.07, 6.45) is 7.12. The van der Waals surface area contributed by atoms with Gasteiger partial charge in [0.2, 0.25) is 10.0 Å². The number of halogens is 3. The number of nitrogens with zero attached hydrogens (tertiary/aromatic N) is 3. The Morgan fingerprint density at radius 2 is 2.00 bits per heavy atom. The Bertz CT molecular complexity index is 1040. The first-order valence-electron chi connectivity index (χ1n) is 11.3. The molecule has 1 aromatic heterocycles. The van der Waals surface area contributed by atoms with Crippen LogP contribution in [0.5, 0.6) is 0 Å². The van der Waals surface area contributed by atoms with Gasteiger partial charge in [-0.15, -0.1) is 0 Å². The Morgan fingerprint density at radius 3 is 2.62 bits per heavy atom. The van der Waals surface area contributed by atoms with Crippen molar-refractivity contribution in [2.45, 2.75) is 46.0 Å². The molecule has 1 unspecified atom stereocenters. The van der Waals surface area contributed by atoms with Crippen LogP contribution in [0.15, 0.2) is 30.7 Å². The van der Waals surface area contributed by atoms with Crippen molar-refractivity contribution in [2.24, 2.45) is 5.92 Å². The number of benzene rings is 1. The molecule has 3 rings (SSSR count). The molecule has 0 bridgehead atoms. The third-order valence-electron chi connectivity index (χ3n) is 5.48. The Balaban J connectivity index is 0.000000497.